The molecule has 1 amide bonds. The number of hydrogen-bond acceptors (Lipinski definition) is 3. The van der Waals surface area contributed by atoms with Crippen LogP contribution < -0.4 is 10.1 Å². The first-order chi connectivity index (χ1) is 7.29. The van der Waals surface area contributed by atoms with Crippen molar-refractivity contribution in [2.45, 2.75) is 0 Å². The average molecular weight is 203 g/mol. The van der Waals surface area contributed by atoms with Gasteiger partial charge in [-0.25, -0.2) is 0 Å². The molecule has 0 fully saturated rings. The van der Waals surface area contributed by atoms with Gasteiger partial charge in [0.25, 0.3) is 5.91 Å². The minimum atomic E-state index is -0.181. The average Bonchev–Trinajstić information content (AvgIpc) is 2.25. The first-order valence-corrected chi connectivity index (χ1v) is 4.46. The van der Waals surface area contributed by atoms with Crippen LogP contribution in [-0.4, -0.2) is 24.2 Å². The third kappa shape index (κ3) is 2.09. The van der Waals surface area contributed by atoms with E-state index in [4.69, 9.17) is 9.84 Å². The molecule has 15 heavy (non-hydrogen) atoms. The molecule has 0 radical (unpaired) electrons. The van der Waals surface area contributed by atoms with Gasteiger partial charge in [-0.2, -0.15) is 0 Å². The van der Waals surface area contributed by atoms with Crippen molar-refractivity contribution in [1.29, 1.82) is 0 Å². The van der Waals surface area contributed by atoms with Crippen molar-refractivity contribution < 1.29 is 14.6 Å². The maximum absolute atomic E-state index is 11.0. The van der Waals surface area contributed by atoms with Gasteiger partial charge in [-0.1, -0.05) is 11.8 Å². The van der Waals surface area contributed by atoms with E-state index < -0.39 is 0 Å². The van der Waals surface area contributed by atoms with Gasteiger partial charge in [-0.05, 0) is 18.2 Å². The van der Waals surface area contributed by atoms with Crippen LogP contribution in [0.1, 0.15) is 5.56 Å². The van der Waals surface area contributed by atoms with Gasteiger partial charge < -0.3 is 15.2 Å². The number of carbonyl (C=O) groups excluding carboxylic acids is 1. The van der Waals surface area contributed by atoms with Crippen LogP contribution in [0.25, 0.3) is 0 Å². The standard InChI is InChI=1S/C11H9NO3/c13-5-1-2-8-3-4-10-9(6-8)12-11(14)7-15-10/h3-4,6,13H,5,7H2,(H,12,14). The molecule has 4 heteroatoms. The minimum absolute atomic E-state index is 0.0503. The van der Waals surface area contributed by atoms with Crippen molar-refractivity contribution in [3.05, 3.63) is 23.8 Å². The van der Waals surface area contributed by atoms with Crippen LogP contribution in [0.4, 0.5) is 5.69 Å². The summed E-state index contributed by atoms with van der Waals surface area (Å²) in [4.78, 5) is 11.0. The highest BCUT2D eigenvalue weighted by molar-refractivity contribution is 5.95. The lowest BCUT2D eigenvalue weighted by Crippen LogP contribution is -2.25. The summed E-state index contributed by atoms with van der Waals surface area (Å²) in [5, 5.41) is 11.2. The topological polar surface area (TPSA) is 58.6 Å². The van der Waals surface area contributed by atoms with E-state index in [1.807, 2.05) is 0 Å². The molecule has 0 aromatic heterocycles. The van der Waals surface area contributed by atoms with Gasteiger partial charge in [0, 0.05) is 5.56 Å². The summed E-state index contributed by atoms with van der Waals surface area (Å²) in [6.45, 7) is -0.130. The van der Waals surface area contributed by atoms with Crippen molar-refractivity contribution in [2.24, 2.45) is 0 Å². The summed E-state index contributed by atoms with van der Waals surface area (Å²) in [6.07, 6.45) is 0. The second-order valence-electron chi connectivity index (χ2n) is 3.01. The molecule has 0 bridgehead atoms. The van der Waals surface area contributed by atoms with Gasteiger partial charge in [-0.3, -0.25) is 4.79 Å². The number of amides is 1. The van der Waals surface area contributed by atoms with Gasteiger partial charge in [-0.15, -0.1) is 0 Å². The molecule has 1 heterocycles. The van der Waals surface area contributed by atoms with Gasteiger partial charge in [0.15, 0.2) is 6.61 Å². The normalized spacial score (nSPS) is 13.0. The Bertz CT molecular complexity index is 457. The molecule has 0 saturated heterocycles. The van der Waals surface area contributed by atoms with Crippen molar-refractivity contribution in [2.75, 3.05) is 18.5 Å². The lowest BCUT2D eigenvalue weighted by atomic mass is 10.1. The molecule has 2 rings (SSSR count). The summed E-state index contributed by atoms with van der Waals surface area (Å²) in [7, 11) is 0. The summed E-state index contributed by atoms with van der Waals surface area (Å²) in [6, 6.07) is 5.24. The number of anilines is 1. The Labute approximate surface area is 86.9 Å². The fraction of sp³-hybridized carbons (Fsp3) is 0.182. The molecule has 0 atom stereocenters. The van der Waals surface area contributed by atoms with Crippen LogP contribution in [0.5, 0.6) is 5.75 Å². The van der Waals surface area contributed by atoms with Gasteiger partial charge >= 0.3 is 0 Å². The Morgan fingerprint density at radius 2 is 2.40 bits per heavy atom. The highest BCUT2D eigenvalue weighted by Gasteiger charge is 2.15. The number of benzene rings is 1. The molecule has 0 spiro atoms. The SMILES string of the molecule is O=C1COc2ccc(C#CCO)cc2N1. The molecule has 2 N–H and O–H groups in total. The summed E-state index contributed by atoms with van der Waals surface area (Å²) < 4.78 is 5.19. The Balaban J connectivity index is 2.32. The van der Waals surface area contributed by atoms with Crippen molar-refractivity contribution in [1.82, 2.24) is 0 Å². The first kappa shape index (κ1) is 9.56. The molecule has 1 aromatic rings. The molecule has 1 aliphatic rings. The molecule has 76 valence electrons. The third-order valence-electron chi connectivity index (χ3n) is 1.92. The molecule has 0 unspecified atom stereocenters. The van der Waals surface area contributed by atoms with E-state index in [-0.39, 0.29) is 19.1 Å². The third-order valence-corrected chi connectivity index (χ3v) is 1.92. The van der Waals surface area contributed by atoms with E-state index in [0.717, 1.165) is 5.56 Å². The second-order valence-corrected chi connectivity index (χ2v) is 3.01. The van der Waals surface area contributed by atoms with E-state index >= 15 is 0 Å². The molecule has 0 saturated carbocycles. The molecule has 4 nitrogen and oxygen atoms in total. The van der Waals surface area contributed by atoms with Crippen molar-refractivity contribution >= 4 is 11.6 Å². The number of ether oxygens (including phenoxy) is 1. The number of nitrogens with one attached hydrogen (secondary N) is 1. The number of fused-ring (bicyclic) bond motifs is 1. The predicted octanol–water partition coefficient (Wildman–Crippen LogP) is 0.361. The second kappa shape index (κ2) is 4.03. The number of rotatable bonds is 0. The van der Waals surface area contributed by atoms with E-state index in [1.54, 1.807) is 18.2 Å². The smallest absolute Gasteiger partial charge is 0.262 e. The highest BCUT2D eigenvalue weighted by Crippen LogP contribution is 2.27. The predicted molar refractivity (Wildman–Crippen MR) is 54.5 cm³/mol. The zero-order valence-electron chi connectivity index (χ0n) is 7.91. The van der Waals surface area contributed by atoms with Crippen LogP contribution >= 0.6 is 0 Å². The maximum Gasteiger partial charge on any atom is 0.262 e. The lowest BCUT2D eigenvalue weighted by molar-refractivity contribution is -0.118. The van der Waals surface area contributed by atoms with E-state index in [9.17, 15) is 4.79 Å². The lowest BCUT2D eigenvalue weighted by Gasteiger charge is -2.17. The fourth-order valence-corrected chi connectivity index (χ4v) is 1.30. The van der Waals surface area contributed by atoms with Crippen LogP contribution in [0, 0.1) is 11.8 Å². The summed E-state index contributed by atoms with van der Waals surface area (Å²) in [5.41, 5.74) is 1.35. The van der Waals surface area contributed by atoms with Crippen LogP contribution in [0.3, 0.4) is 0 Å². The maximum atomic E-state index is 11.0. The first-order valence-electron chi connectivity index (χ1n) is 4.46. The number of aliphatic hydroxyl groups is 1. The summed E-state index contributed by atoms with van der Waals surface area (Å²) in [5.74, 6) is 5.76. The van der Waals surface area contributed by atoms with E-state index in [2.05, 4.69) is 17.2 Å². The molecular weight excluding hydrogens is 194 g/mol. The fourth-order valence-electron chi connectivity index (χ4n) is 1.30. The number of aliphatic hydroxyl groups excluding tert-OH is 1. The van der Waals surface area contributed by atoms with E-state index in [0.29, 0.717) is 11.4 Å². The molecular formula is C11H9NO3. The van der Waals surface area contributed by atoms with Crippen LogP contribution in [0.15, 0.2) is 18.2 Å². The zero-order valence-corrected chi connectivity index (χ0v) is 7.91. The van der Waals surface area contributed by atoms with Crippen LogP contribution in [-0.2, 0) is 4.79 Å². The van der Waals surface area contributed by atoms with Gasteiger partial charge in [0.1, 0.15) is 12.4 Å². The van der Waals surface area contributed by atoms with Gasteiger partial charge in [0.05, 0.1) is 5.69 Å². The van der Waals surface area contributed by atoms with Crippen molar-refractivity contribution in [3.8, 4) is 17.6 Å². The monoisotopic (exact) mass is 203 g/mol. The van der Waals surface area contributed by atoms with E-state index in [1.165, 1.54) is 0 Å². The Morgan fingerprint density at radius 3 is 3.20 bits per heavy atom. The zero-order chi connectivity index (χ0) is 10.7. The number of carbonyl (C=O) groups is 1. The van der Waals surface area contributed by atoms with Gasteiger partial charge in [0.2, 0.25) is 0 Å². The van der Waals surface area contributed by atoms with Crippen molar-refractivity contribution in [3.63, 3.8) is 0 Å². The Kier molecular flexibility index (Phi) is 2.57. The number of hydrogen-bond donors (Lipinski definition) is 2. The highest BCUT2D eigenvalue weighted by atomic mass is 16.5. The summed E-state index contributed by atoms with van der Waals surface area (Å²) >= 11 is 0. The molecule has 0 aliphatic carbocycles. The largest absolute Gasteiger partial charge is 0.482 e. The Morgan fingerprint density at radius 1 is 1.53 bits per heavy atom. The van der Waals surface area contributed by atoms with Crippen LogP contribution in [0.2, 0.25) is 0 Å². The quantitative estimate of drug-likeness (QED) is 0.598. The Hall–Kier alpha value is -1.99. The minimum Gasteiger partial charge on any atom is -0.482 e. The molecule has 1 aromatic carbocycles. The molecule has 1 aliphatic heterocycles.